The van der Waals surface area contributed by atoms with Crippen LogP contribution in [-0.2, 0) is 19.5 Å². The largest absolute Gasteiger partial charge is 0.508 e. The lowest BCUT2D eigenvalue weighted by Gasteiger charge is -2.22. The monoisotopic (exact) mass is 443 g/mol. The van der Waals surface area contributed by atoms with Crippen LogP contribution in [0.3, 0.4) is 0 Å². The van der Waals surface area contributed by atoms with Gasteiger partial charge in [-0.1, -0.05) is 43.3 Å². The summed E-state index contributed by atoms with van der Waals surface area (Å²) in [5, 5.41) is 12.7. The predicted molar refractivity (Wildman–Crippen MR) is 133 cm³/mol. The molecule has 0 aromatic heterocycles. The first-order valence-corrected chi connectivity index (χ1v) is 11.8. The van der Waals surface area contributed by atoms with Crippen molar-refractivity contribution in [1.29, 1.82) is 0 Å². The van der Waals surface area contributed by atoms with Gasteiger partial charge in [-0.25, -0.2) is 0 Å². The minimum atomic E-state index is -0.0804. The fourth-order valence-corrected chi connectivity index (χ4v) is 4.30. The highest BCUT2D eigenvalue weighted by Gasteiger charge is 2.16. The second-order valence-corrected chi connectivity index (χ2v) is 8.78. The Hall–Kier alpha value is -3.15. The molecule has 172 valence electrons. The topological polar surface area (TPSA) is 55.8 Å². The predicted octanol–water partition coefficient (Wildman–Crippen LogP) is 4.91. The summed E-state index contributed by atoms with van der Waals surface area (Å²) < 4.78 is 0. The van der Waals surface area contributed by atoms with Gasteiger partial charge in [-0.05, 0) is 79.0 Å². The molecule has 3 aromatic carbocycles. The van der Waals surface area contributed by atoms with E-state index in [-0.39, 0.29) is 5.91 Å². The summed E-state index contributed by atoms with van der Waals surface area (Å²) in [6.07, 6.45) is 2.11. The Labute approximate surface area is 196 Å². The van der Waals surface area contributed by atoms with Gasteiger partial charge in [0.1, 0.15) is 5.75 Å². The molecule has 0 aliphatic carbocycles. The molecule has 1 amide bonds. The zero-order chi connectivity index (χ0) is 23.0. The second-order valence-electron chi connectivity index (χ2n) is 8.78. The third kappa shape index (κ3) is 6.67. The molecule has 0 saturated carbocycles. The molecule has 4 rings (SSSR count). The van der Waals surface area contributed by atoms with E-state index in [0.29, 0.717) is 11.3 Å². The third-order valence-corrected chi connectivity index (χ3v) is 6.24. The third-order valence-electron chi connectivity index (χ3n) is 6.24. The van der Waals surface area contributed by atoms with Crippen LogP contribution >= 0.6 is 0 Å². The van der Waals surface area contributed by atoms with Crippen molar-refractivity contribution in [3.05, 3.63) is 95.1 Å². The van der Waals surface area contributed by atoms with Gasteiger partial charge in [-0.2, -0.15) is 0 Å². The minimum absolute atomic E-state index is 0.0804. The van der Waals surface area contributed by atoms with Gasteiger partial charge in [0.2, 0.25) is 0 Å². The maximum absolute atomic E-state index is 12.6. The second kappa shape index (κ2) is 11.1. The van der Waals surface area contributed by atoms with Crippen LogP contribution in [0.4, 0.5) is 5.69 Å². The Morgan fingerprint density at radius 3 is 2.09 bits per heavy atom. The van der Waals surface area contributed by atoms with Crippen molar-refractivity contribution in [3.63, 3.8) is 0 Å². The number of rotatable bonds is 7. The van der Waals surface area contributed by atoms with E-state index in [4.69, 9.17) is 0 Å². The van der Waals surface area contributed by atoms with Crippen LogP contribution < -0.4 is 5.32 Å². The van der Waals surface area contributed by atoms with Crippen molar-refractivity contribution in [2.75, 3.05) is 31.5 Å². The molecule has 0 atom stereocenters. The molecule has 5 heteroatoms. The first-order valence-electron chi connectivity index (χ1n) is 11.8. The van der Waals surface area contributed by atoms with Gasteiger partial charge in [0.15, 0.2) is 0 Å². The zero-order valence-electron chi connectivity index (χ0n) is 19.3. The smallest absolute Gasteiger partial charge is 0.255 e. The lowest BCUT2D eigenvalue weighted by Crippen LogP contribution is -2.30. The van der Waals surface area contributed by atoms with Crippen LogP contribution in [0, 0.1) is 0 Å². The van der Waals surface area contributed by atoms with E-state index in [1.807, 2.05) is 48.5 Å². The molecule has 1 aliphatic rings. The molecule has 0 radical (unpaired) electrons. The number of nitrogens with one attached hydrogen (secondary N) is 1. The van der Waals surface area contributed by atoms with E-state index in [0.717, 1.165) is 63.4 Å². The number of carbonyl (C=O) groups is 1. The fourth-order valence-electron chi connectivity index (χ4n) is 4.30. The number of hydrogen-bond acceptors (Lipinski definition) is 4. The average molecular weight is 444 g/mol. The van der Waals surface area contributed by atoms with E-state index in [1.54, 1.807) is 6.07 Å². The number of aryl methyl sites for hydroxylation is 1. The zero-order valence-corrected chi connectivity index (χ0v) is 19.3. The quantitative estimate of drug-likeness (QED) is 0.545. The normalized spacial score (nSPS) is 15.2. The van der Waals surface area contributed by atoms with E-state index in [1.165, 1.54) is 11.1 Å². The number of amides is 1. The number of anilines is 1. The van der Waals surface area contributed by atoms with E-state index < -0.39 is 0 Å². The standard InChI is InChI=1S/C28H33N3O2/c1-2-22-9-13-26(14-10-22)29-28(33)25-11-7-23(8-12-25)20-30-15-4-16-31(18-17-30)21-24-5-3-6-27(32)19-24/h3,5-14,19,32H,2,4,15-18,20-21H2,1H3,(H,29,33). The Morgan fingerprint density at radius 2 is 1.45 bits per heavy atom. The summed E-state index contributed by atoms with van der Waals surface area (Å²) in [5.41, 5.74) is 5.12. The van der Waals surface area contributed by atoms with Crippen molar-refractivity contribution in [1.82, 2.24) is 9.80 Å². The van der Waals surface area contributed by atoms with Gasteiger partial charge in [0.05, 0.1) is 0 Å². The molecular formula is C28H33N3O2. The lowest BCUT2D eigenvalue weighted by atomic mass is 10.1. The Morgan fingerprint density at radius 1 is 0.818 bits per heavy atom. The molecule has 3 aromatic rings. The summed E-state index contributed by atoms with van der Waals surface area (Å²) in [4.78, 5) is 17.5. The highest BCUT2D eigenvalue weighted by molar-refractivity contribution is 6.04. The summed E-state index contributed by atoms with van der Waals surface area (Å²) in [6.45, 7) is 8.01. The Balaban J connectivity index is 1.28. The maximum Gasteiger partial charge on any atom is 0.255 e. The van der Waals surface area contributed by atoms with Crippen LogP contribution in [0.5, 0.6) is 5.75 Å². The van der Waals surface area contributed by atoms with Crippen molar-refractivity contribution >= 4 is 11.6 Å². The number of benzene rings is 3. The van der Waals surface area contributed by atoms with Crippen molar-refractivity contribution in [3.8, 4) is 5.75 Å². The van der Waals surface area contributed by atoms with Gasteiger partial charge in [0, 0.05) is 37.4 Å². The fraction of sp³-hybridized carbons (Fsp3) is 0.321. The van der Waals surface area contributed by atoms with Gasteiger partial charge in [0.25, 0.3) is 5.91 Å². The van der Waals surface area contributed by atoms with Crippen molar-refractivity contribution < 1.29 is 9.90 Å². The molecule has 0 bridgehead atoms. The number of phenolic OH excluding ortho intramolecular Hbond substituents is 1. The van der Waals surface area contributed by atoms with E-state index in [2.05, 4.69) is 40.2 Å². The number of carbonyl (C=O) groups excluding carboxylic acids is 1. The van der Waals surface area contributed by atoms with Crippen LogP contribution in [0.1, 0.15) is 40.4 Å². The van der Waals surface area contributed by atoms with Crippen molar-refractivity contribution in [2.45, 2.75) is 32.9 Å². The maximum atomic E-state index is 12.6. The molecule has 5 nitrogen and oxygen atoms in total. The van der Waals surface area contributed by atoms with Gasteiger partial charge >= 0.3 is 0 Å². The molecule has 33 heavy (non-hydrogen) atoms. The van der Waals surface area contributed by atoms with E-state index in [9.17, 15) is 9.90 Å². The summed E-state index contributed by atoms with van der Waals surface area (Å²) in [5.74, 6) is 0.249. The van der Waals surface area contributed by atoms with Crippen molar-refractivity contribution in [2.24, 2.45) is 0 Å². The van der Waals surface area contributed by atoms with Gasteiger partial charge in [-0.15, -0.1) is 0 Å². The highest BCUT2D eigenvalue weighted by atomic mass is 16.3. The van der Waals surface area contributed by atoms with Crippen LogP contribution in [-0.4, -0.2) is 47.0 Å². The lowest BCUT2D eigenvalue weighted by molar-refractivity contribution is 0.102. The molecule has 0 spiro atoms. The highest BCUT2D eigenvalue weighted by Crippen LogP contribution is 2.16. The van der Waals surface area contributed by atoms with Crippen LogP contribution in [0.15, 0.2) is 72.8 Å². The Bertz CT molecular complexity index is 1050. The molecule has 1 aliphatic heterocycles. The summed E-state index contributed by atoms with van der Waals surface area (Å²) in [7, 11) is 0. The van der Waals surface area contributed by atoms with Crippen LogP contribution in [0.2, 0.25) is 0 Å². The number of phenols is 1. The molecular weight excluding hydrogens is 410 g/mol. The minimum Gasteiger partial charge on any atom is -0.508 e. The number of aromatic hydroxyl groups is 1. The number of hydrogen-bond donors (Lipinski definition) is 2. The van der Waals surface area contributed by atoms with Crippen LogP contribution in [0.25, 0.3) is 0 Å². The molecule has 1 saturated heterocycles. The first kappa shape index (κ1) is 23.0. The number of nitrogens with zero attached hydrogens (tertiary/aromatic N) is 2. The molecule has 1 fully saturated rings. The molecule has 0 unspecified atom stereocenters. The van der Waals surface area contributed by atoms with E-state index >= 15 is 0 Å². The first-order chi connectivity index (χ1) is 16.1. The van der Waals surface area contributed by atoms with Gasteiger partial charge in [-0.3, -0.25) is 14.6 Å². The molecule has 2 N–H and O–H groups in total. The Kier molecular flexibility index (Phi) is 7.76. The summed E-state index contributed by atoms with van der Waals surface area (Å²) in [6, 6.07) is 23.5. The summed E-state index contributed by atoms with van der Waals surface area (Å²) >= 11 is 0. The van der Waals surface area contributed by atoms with Gasteiger partial charge < -0.3 is 10.4 Å². The molecule has 1 heterocycles. The SMILES string of the molecule is CCc1ccc(NC(=O)c2ccc(CN3CCCN(Cc4cccc(O)c4)CC3)cc2)cc1. The average Bonchev–Trinajstić information content (AvgIpc) is 3.05.